The SMILES string of the molecule is CCN1C(=O)C(=C/C=C/C=C2SC(C)=C(C)S2)C(=O)N(CC)C1=S. The van der Waals surface area contributed by atoms with E-state index in [-0.39, 0.29) is 22.5 Å². The van der Waals surface area contributed by atoms with Crippen molar-refractivity contribution in [1.29, 1.82) is 0 Å². The molecule has 0 spiro atoms. The zero-order chi connectivity index (χ0) is 17.9. The Bertz CT molecular complexity index is 661. The van der Waals surface area contributed by atoms with Gasteiger partial charge in [0.15, 0.2) is 5.11 Å². The van der Waals surface area contributed by atoms with Crippen LogP contribution >= 0.6 is 35.7 Å². The number of thiocarbonyl (C=S) groups is 1. The molecular formula is C17H20N2O2S3. The summed E-state index contributed by atoms with van der Waals surface area (Å²) < 4.78 is 1.19. The molecule has 7 heteroatoms. The van der Waals surface area contributed by atoms with Gasteiger partial charge in [-0.3, -0.25) is 19.4 Å². The molecule has 0 aromatic heterocycles. The zero-order valence-electron chi connectivity index (χ0n) is 14.2. The van der Waals surface area contributed by atoms with Crippen LogP contribution in [0.3, 0.4) is 0 Å². The van der Waals surface area contributed by atoms with E-state index >= 15 is 0 Å². The molecule has 2 rings (SSSR count). The van der Waals surface area contributed by atoms with Gasteiger partial charge in [0.2, 0.25) is 0 Å². The molecule has 0 radical (unpaired) electrons. The summed E-state index contributed by atoms with van der Waals surface area (Å²) in [5.74, 6) is -0.653. The second kappa shape index (κ2) is 8.18. The fraction of sp³-hybridized carbons (Fsp3) is 0.353. The summed E-state index contributed by atoms with van der Waals surface area (Å²) in [5, 5.41) is 0.286. The van der Waals surface area contributed by atoms with Crippen molar-refractivity contribution in [3.63, 3.8) is 0 Å². The number of carbonyl (C=O) groups excluding carboxylic acids is 2. The first-order chi connectivity index (χ1) is 11.4. The van der Waals surface area contributed by atoms with Crippen molar-refractivity contribution in [2.75, 3.05) is 13.1 Å². The first-order valence-corrected chi connectivity index (χ1v) is 9.74. The highest BCUT2D eigenvalue weighted by molar-refractivity contribution is 8.28. The second-order valence-electron chi connectivity index (χ2n) is 5.15. The molecule has 2 amide bonds. The van der Waals surface area contributed by atoms with Crippen LogP contribution in [0.25, 0.3) is 0 Å². The van der Waals surface area contributed by atoms with Gasteiger partial charge in [0.05, 0.1) is 0 Å². The van der Waals surface area contributed by atoms with E-state index < -0.39 is 0 Å². The van der Waals surface area contributed by atoms with E-state index in [1.807, 2.05) is 26.0 Å². The minimum Gasteiger partial charge on any atom is -0.285 e. The van der Waals surface area contributed by atoms with Crippen molar-refractivity contribution in [1.82, 2.24) is 9.80 Å². The van der Waals surface area contributed by atoms with E-state index in [1.54, 1.807) is 35.7 Å². The van der Waals surface area contributed by atoms with E-state index in [9.17, 15) is 9.59 Å². The van der Waals surface area contributed by atoms with E-state index in [2.05, 4.69) is 13.8 Å². The second-order valence-corrected chi connectivity index (χ2v) is 8.29. The number of amides is 2. The molecule has 2 aliphatic rings. The Kier molecular flexibility index (Phi) is 6.48. The van der Waals surface area contributed by atoms with Crippen LogP contribution in [0, 0.1) is 0 Å². The quantitative estimate of drug-likeness (QED) is 0.418. The summed E-state index contributed by atoms with van der Waals surface area (Å²) >= 11 is 8.70. The fourth-order valence-electron chi connectivity index (χ4n) is 2.22. The third kappa shape index (κ3) is 3.84. The van der Waals surface area contributed by atoms with E-state index in [4.69, 9.17) is 12.2 Å². The smallest absolute Gasteiger partial charge is 0.265 e. The number of carbonyl (C=O) groups is 2. The third-order valence-corrected chi connectivity index (χ3v) is 6.62. The highest BCUT2D eigenvalue weighted by atomic mass is 32.2. The number of rotatable bonds is 4. The monoisotopic (exact) mass is 380 g/mol. The average molecular weight is 381 g/mol. The minimum atomic E-state index is -0.326. The predicted octanol–water partition coefficient (Wildman–Crippen LogP) is 4.04. The van der Waals surface area contributed by atoms with Crippen LogP contribution in [0.1, 0.15) is 27.7 Å². The Morgan fingerprint density at radius 2 is 1.38 bits per heavy atom. The molecule has 0 aromatic rings. The molecule has 0 aromatic carbocycles. The van der Waals surface area contributed by atoms with Gasteiger partial charge in [0.25, 0.3) is 11.8 Å². The zero-order valence-corrected chi connectivity index (χ0v) is 16.6. The topological polar surface area (TPSA) is 40.6 Å². The van der Waals surface area contributed by atoms with Gasteiger partial charge in [-0.05, 0) is 61.9 Å². The van der Waals surface area contributed by atoms with Crippen LogP contribution in [0.4, 0.5) is 0 Å². The maximum atomic E-state index is 12.4. The Labute approximate surface area is 156 Å². The fourth-order valence-corrected chi connectivity index (χ4v) is 5.00. The third-order valence-electron chi connectivity index (χ3n) is 3.65. The summed E-state index contributed by atoms with van der Waals surface area (Å²) in [4.78, 5) is 30.4. The number of hydrogen-bond donors (Lipinski definition) is 0. The van der Waals surface area contributed by atoms with Crippen molar-refractivity contribution < 1.29 is 9.59 Å². The molecule has 128 valence electrons. The van der Waals surface area contributed by atoms with Crippen LogP contribution in [0.2, 0.25) is 0 Å². The van der Waals surface area contributed by atoms with Gasteiger partial charge >= 0.3 is 0 Å². The highest BCUT2D eigenvalue weighted by Crippen LogP contribution is 2.48. The molecule has 2 heterocycles. The molecule has 2 aliphatic heterocycles. The molecule has 4 nitrogen and oxygen atoms in total. The molecule has 1 fully saturated rings. The molecule has 24 heavy (non-hydrogen) atoms. The minimum absolute atomic E-state index is 0.152. The lowest BCUT2D eigenvalue weighted by molar-refractivity contribution is -0.133. The van der Waals surface area contributed by atoms with E-state index in [0.29, 0.717) is 13.1 Å². The molecule has 0 N–H and O–H groups in total. The first kappa shape index (κ1) is 19.0. The van der Waals surface area contributed by atoms with E-state index in [1.165, 1.54) is 23.8 Å². The van der Waals surface area contributed by atoms with Gasteiger partial charge in [-0.2, -0.15) is 0 Å². The van der Waals surface area contributed by atoms with Crippen LogP contribution < -0.4 is 0 Å². The molecule has 0 unspecified atom stereocenters. The summed E-state index contributed by atoms with van der Waals surface area (Å²) in [6.07, 6.45) is 7.16. The van der Waals surface area contributed by atoms with E-state index in [0.717, 1.165) is 0 Å². The van der Waals surface area contributed by atoms with Gasteiger partial charge in [-0.25, -0.2) is 0 Å². The van der Waals surface area contributed by atoms with Crippen molar-refractivity contribution in [2.45, 2.75) is 27.7 Å². The van der Waals surface area contributed by atoms with Crippen LogP contribution in [-0.2, 0) is 9.59 Å². The lowest BCUT2D eigenvalue weighted by Crippen LogP contribution is -2.55. The van der Waals surface area contributed by atoms with Gasteiger partial charge < -0.3 is 0 Å². The number of likely N-dealkylation sites (N-methyl/N-ethyl adjacent to an activating group) is 2. The van der Waals surface area contributed by atoms with Gasteiger partial charge in [0, 0.05) is 17.3 Å². The Morgan fingerprint density at radius 3 is 1.83 bits per heavy atom. The number of hydrogen-bond acceptors (Lipinski definition) is 5. The molecule has 0 aliphatic carbocycles. The Hall–Kier alpha value is -1.31. The van der Waals surface area contributed by atoms with Crippen molar-refractivity contribution >= 4 is 52.7 Å². The highest BCUT2D eigenvalue weighted by Gasteiger charge is 2.37. The van der Waals surface area contributed by atoms with Crippen molar-refractivity contribution in [2.24, 2.45) is 0 Å². The molecule has 1 saturated heterocycles. The van der Waals surface area contributed by atoms with Crippen LogP contribution in [-0.4, -0.2) is 39.8 Å². The van der Waals surface area contributed by atoms with Gasteiger partial charge in [-0.1, -0.05) is 35.7 Å². The first-order valence-electron chi connectivity index (χ1n) is 7.70. The summed E-state index contributed by atoms with van der Waals surface area (Å²) in [5.41, 5.74) is 0.152. The number of allylic oxidation sites excluding steroid dienone is 6. The van der Waals surface area contributed by atoms with Gasteiger partial charge in [0.1, 0.15) is 5.57 Å². The molecule has 0 atom stereocenters. The predicted molar refractivity (Wildman–Crippen MR) is 106 cm³/mol. The van der Waals surface area contributed by atoms with Crippen molar-refractivity contribution in [3.8, 4) is 0 Å². The summed E-state index contributed by atoms with van der Waals surface area (Å²) in [6, 6.07) is 0. The average Bonchev–Trinajstić information content (AvgIpc) is 2.85. The summed E-state index contributed by atoms with van der Waals surface area (Å²) in [6.45, 7) is 8.78. The molecule has 0 bridgehead atoms. The standard InChI is InChI=1S/C17H20N2O2S3/c1-5-18-15(20)13(16(21)19(6-2)17(18)22)9-7-8-10-14-23-11(3)12(4)24-14/h7-10H,5-6H2,1-4H3/b8-7+. The largest absolute Gasteiger partial charge is 0.285 e. The lowest BCUT2D eigenvalue weighted by atomic mass is 10.1. The molecule has 0 saturated carbocycles. The number of nitrogens with zero attached hydrogens (tertiary/aromatic N) is 2. The molecular weight excluding hydrogens is 360 g/mol. The Morgan fingerprint density at radius 1 is 0.917 bits per heavy atom. The summed E-state index contributed by atoms with van der Waals surface area (Å²) in [7, 11) is 0. The normalized spacial score (nSPS) is 19.2. The van der Waals surface area contributed by atoms with Crippen LogP contribution in [0.5, 0.6) is 0 Å². The Balaban J connectivity index is 2.17. The number of thioether (sulfide) groups is 2. The lowest BCUT2D eigenvalue weighted by Gasteiger charge is -2.35. The van der Waals surface area contributed by atoms with Crippen LogP contribution in [0.15, 0.2) is 43.9 Å². The van der Waals surface area contributed by atoms with Gasteiger partial charge in [-0.15, -0.1) is 0 Å². The van der Waals surface area contributed by atoms with Crippen molar-refractivity contribution in [3.05, 3.63) is 43.9 Å². The maximum absolute atomic E-state index is 12.4. The maximum Gasteiger partial charge on any atom is 0.265 e.